The van der Waals surface area contributed by atoms with Crippen LogP contribution in [0.25, 0.3) is 44.3 Å². The molecular weight excluding hydrogens is 400 g/mol. The van der Waals surface area contributed by atoms with Crippen LogP contribution in [0.2, 0.25) is 0 Å². The zero-order chi connectivity index (χ0) is 22.2. The van der Waals surface area contributed by atoms with E-state index in [-0.39, 0.29) is 0 Å². The second-order valence-electron chi connectivity index (χ2n) is 8.57. The zero-order valence-electron chi connectivity index (χ0n) is 18.6. The van der Waals surface area contributed by atoms with E-state index in [0.29, 0.717) is 0 Å². The molecule has 2 heteroatoms. The lowest BCUT2D eigenvalue weighted by Crippen LogP contribution is -2.00. The van der Waals surface area contributed by atoms with Crippen LogP contribution in [-0.2, 0) is 6.54 Å². The third-order valence-electron chi connectivity index (χ3n) is 6.34. The maximum absolute atomic E-state index is 5.32. The highest BCUT2D eigenvalue weighted by atomic mass is 15.0. The summed E-state index contributed by atoms with van der Waals surface area (Å²) in [6.07, 6.45) is 0. The lowest BCUT2D eigenvalue weighted by atomic mass is 9.98. The number of rotatable bonds is 4. The molecule has 0 spiro atoms. The number of hydrogen-bond acceptors (Lipinski definition) is 1. The molecule has 0 amide bonds. The summed E-state index contributed by atoms with van der Waals surface area (Å²) < 4.78 is 2.40. The molecule has 0 N–H and O–H groups in total. The molecule has 0 bridgehead atoms. The number of hydrogen-bond donors (Lipinski definition) is 0. The van der Waals surface area contributed by atoms with Gasteiger partial charge in [-0.2, -0.15) is 0 Å². The fourth-order valence-electron chi connectivity index (χ4n) is 4.65. The summed E-state index contributed by atoms with van der Waals surface area (Å²) in [7, 11) is 0. The third-order valence-corrected chi connectivity index (χ3v) is 6.34. The van der Waals surface area contributed by atoms with E-state index < -0.39 is 0 Å². The molecule has 33 heavy (non-hydrogen) atoms. The first-order valence-corrected chi connectivity index (χ1v) is 11.4. The van der Waals surface area contributed by atoms with E-state index in [0.717, 1.165) is 34.4 Å². The van der Waals surface area contributed by atoms with Crippen molar-refractivity contribution in [1.29, 1.82) is 0 Å². The topological polar surface area (TPSA) is 17.8 Å². The monoisotopic (exact) mass is 424 g/mol. The minimum absolute atomic E-state index is 0.810. The van der Waals surface area contributed by atoms with Crippen molar-refractivity contribution < 1.29 is 0 Å². The van der Waals surface area contributed by atoms with Crippen LogP contribution in [0.3, 0.4) is 0 Å². The fourth-order valence-corrected chi connectivity index (χ4v) is 4.65. The van der Waals surface area contributed by atoms with Gasteiger partial charge in [0.05, 0.1) is 22.2 Å². The lowest BCUT2D eigenvalue weighted by Gasteiger charge is -2.13. The van der Waals surface area contributed by atoms with Gasteiger partial charge in [0.15, 0.2) is 0 Å². The average molecular weight is 425 g/mol. The third kappa shape index (κ3) is 3.50. The van der Waals surface area contributed by atoms with Crippen LogP contribution in [0, 0.1) is 6.92 Å². The number of aromatic nitrogens is 2. The Hall–Kier alpha value is -4.17. The molecule has 0 saturated heterocycles. The van der Waals surface area contributed by atoms with Crippen molar-refractivity contribution in [2.24, 2.45) is 0 Å². The van der Waals surface area contributed by atoms with Crippen molar-refractivity contribution in [3.8, 4) is 22.4 Å². The standard InChI is InChI=1S/C31H24N2/c1-22-16-18-25(19-17-22)30-27(24-12-6-3-7-13-24)20-29-31(32-30)26-14-8-9-15-28(26)33(29)21-23-10-4-2-5-11-23/h2-20H,21H2,1H3. The predicted octanol–water partition coefficient (Wildman–Crippen LogP) is 7.88. The molecule has 2 heterocycles. The Balaban J connectivity index is 1.68. The first-order valence-electron chi connectivity index (χ1n) is 11.4. The van der Waals surface area contributed by atoms with Crippen LogP contribution in [0.5, 0.6) is 0 Å². The zero-order valence-corrected chi connectivity index (χ0v) is 18.6. The summed E-state index contributed by atoms with van der Waals surface area (Å²) in [6.45, 7) is 2.93. The Bertz CT molecular complexity index is 1560. The second kappa shape index (κ2) is 8.07. The summed E-state index contributed by atoms with van der Waals surface area (Å²) in [4.78, 5) is 5.32. The Morgan fingerprint density at radius 1 is 0.636 bits per heavy atom. The minimum Gasteiger partial charge on any atom is -0.335 e. The number of nitrogens with zero attached hydrogens (tertiary/aromatic N) is 2. The van der Waals surface area contributed by atoms with Gasteiger partial charge in [-0.15, -0.1) is 0 Å². The number of fused-ring (bicyclic) bond motifs is 3. The van der Waals surface area contributed by atoms with E-state index in [1.165, 1.54) is 27.6 Å². The molecule has 0 unspecified atom stereocenters. The van der Waals surface area contributed by atoms with Crippen LogP contribution < -0.4 is 0 Å². The van der Waals surface area contributed by atoms with Gasteiger partial charge >= 0.3 is 0 Å². The van der Waals surface area contributed by atoms with E-state index in [1.807, 2.05) is 0 Å². The molecule has 158 valence electrons. The van der Waals surface area contributed by atoms with Crippen molar-refractivity contribution in [3.05, 3.63) is 126 Å². The molecule has 2 nitrogen and oxygen atoms in total. The van der Waals surface area contributed by atoms with Gasteiger partial charge in [0, 0.05) is 23.1 Å². The summed E-state index contributed by atoms with van der Waals surface area (Å²) in [5.41, 5.74) is 10.5. The number of para-hydroxylation sites is 1. The number of benzene rings is 4. The number of aryl methyl sites for hydroxylation is 1. The highest BCUT2D eigenvalue weighted by Gasteiger charge is 2.17. The van der Waals surface area contributed by atoms with E-state index in [9.17, 15) is 0 Å². The van der Waals surface area contributed by atoms with Gasteiger partial charge in [-0.3, -0.25) is 0 Å². The highest BCUT2D eigenvalue weighted by Crippen LogP contribution is 2.37. The molecule has 0 aliphatic heterocycles. The van der Waals surface area contributed by atoms with Gasteiger partial charge in [0.1, 0.15) is 0 Å². The molecule has 0 aliphatic rings. The van der Waals surface area contributed by atoms with Crippen molar-refractivity contribution in [2.75, 3.05) is 0 Å². The Labute approximate surface area is 193 Å². The smallest absolute Gasteiger partial charge is 0.0967 e. The van der Waals surface area contributed by atoms with E-state index in [2.05, 4.69) is 127 Å². The second-order valence-corrected chi connectivity index (χ2v) is 8.57. The molecule has 0 atom stereocenters. The summed E-state index contributed by atoms with van der Waals surface area (Å²) in [6, 6.07) is 40.9. The summed E-state index contributed by atoms with van der Waals surface area (Å²) in [5.74, 6) is 0. The predicted molar refractivity (Wildman–Crippen MR) is 138 cm³/mol. The van der Waals surface area contributed by atoms with Crippen molar-refractivity contribution in [3.63, 3.8) is 0 Å². The van der Waals surface area contributed by atoms with Gasteiger partial charge in [-0.05, 0) is 30.2 Å². The molecule has 6 rings (SSSR count). The van der Waals surface area contributed by atoms with Crippen LogP contribution in [-0.4, -0.2) is 9.55 Å². The fraction of sp³-hybridized carbons (Fsp3) is 0.0645. The lowest BCUT2D eigenvalue weighted by molar-refractivity contribution is 0.868. The number of pyridine rings is 1. The minimum atomic E-state index is 0.810. The van der Waals surface area contributed by atoms with Gasteiger partial charge < -0.3 is 4.57 Å². The molecular formula is C31H24N2. The average Bonchev–Trinajstić information content (AvgIpc) is 3.18. The van der Waals surface area contributed by atoms with Crippen LogP contribution in [0.1, 0.15) is 11.1 Å². The Kier molecular flexibility index (Phi) is 4.77. The largest absolute Gasteiger partial charge is 0.335 e. The van der Waals surface area contributed by atoms with Gasteiger partial charge in [0.2, 0.25) is 0 Å². The quantitative estimate of drug-likeness (QED) is 0.281. The molecule has 4 aromatic carbocycles. The van der Waals surface area contributed by atoms with Crippen LogP contribution in [0.15, 0.2) is 115 Å². The van der Waals surface area contributed by atoms with Gasteiger partial charge in [-0.1, -0.05) is 109 Å². The highest BCUT2D eigenvalue weighted by molar-refractivity contribution is 6.08. The van der Waals surface area contributed by atoms with Crippen LogP contribution in [0.4, 0.5) is 0 Å². The van der Waals surface area contributed by atoms with Crippen molar-refractivity contribution in [2.45, 2.75) is 13.5 Å². The van der Waals surface area contributed by atoms with E-state index in [4.69, 9.17) is 4.98 Å². The van der Waals surface area contributed by atoms with Gasteiger partial charge in [-0.25, -0.2) is 4.98 Å². The van der Waals surface area contributed by atoms with Crippen molar-refractivity contribution in [1.82, 2.24) is 9.55 Å². The van der Waals surface area contributed by atoms with E-state index in [1.54, 1.807) is 0 Å². The summed E-state index contributed by atoms with van der Waals surface area (Å²) in [5, 5.41) is 1.19. The SMILES string of the molecule is Cc1ccc(-c2nc3c4ccccc4n(Cc4ccccc4)c3cc2-c2ccccc2)cc1. The maximum Gasteiger partial charge on any atom is 0.0967 e. The van der Waals surface area contributed by atoms with Gasteiger partial charge in [0.25, 0.3) is 0 Å². The van der Waals surface area contributed by atoms with Crippen LogP contribution >= 0.6 is 0 Å². The van der Waals surface area contributed by atoms with Crippen molar-refractivity contribution >= 4 is 21.9 Å². The molecule has 2 aromatic heterocycles. The molecule has 6 aromatic rings. The molecule has 0 fully saturated rings. The van der Waals surface area contributed by atoms with E-state index >= 15 is 0 Å². The Morgan fingerprint density at radius 3 is 2.06 bits per heavy atom. The molecule has 0 saturated carbocycles. The summed E-state index contributed by atoms with van der Waals surface area (Å²) >= 11 is 0. The Morgan fingerprint density at radius 2 is 1.30 bits per heavy atom. The molecule has 0 aliphatic carbocycles. The normalized spacial score (nSPS) is 11.3. The molecule has 0 radical (unpaired) electrons. The first kappa shape index (κ1) is 19.5. The maximum atomic E-state index is 5.32. The first-order chi connectivity index (χ1) is 16.3.